The van der Waals surface area contributed by atoms with Crippen molar-refractivity contribution in [3.05, 3.63) is 39.5 Å². The Morgan fingerprint density at radius 3 is 2.47 bits per heavy atom. The van der Waals surface area contributed by atoms with Crippen LogP contribution in [0.5, 0.6) is 5.75 Å². The molecule has 1 aromatic heterocycles. The smallest absolute Gasteiger partial charge is 0.156 e. The molecule has 0 fully saturated rings. The Hall–Kier alpha value is -1.10. The van der Waals surface area contributed by atoms with Crippen LogP contribution in [0.2, 0.25) is 15.1 Å². The number of nitrogens with two attached hydrogens (primary N) is 1. The van der Waals surface area contributed by atoms with E-state index in [1.807, 2.05) is 6.20 Å². The number of rotatable bonds is 5. The maximum Gasteiger partial charge on any atom is 0.156 e. The fourth-order valence-corrected chi connectivity index (χ4v) is 2.50. The van der Waals surface area contributed by atoms with Gasteiger partial charge in [0.05, 0.1) is 16.7 Å². The lowest BCUT2D eigenvalue weighted by molar-refractivity contribution is 0.299. The summed E-state index contributed by atoms with van der Waals surface area (Å²) in [6.07, 6.45) is 2.58. The molecular weight excluding hydrogens is 309 g/mol. The fraction of sp³-hybridized carbons (Fsp3) is 0.250. The van der Waals surface area contributed by atoms with Crippen molar-refractivity contribution in [1.82, 2.24) is 9.78 Å². The quantitative estimate of drug-likeness (QED) is 0.850. The summed E-state index contributed by atoms with van der Waals surface area (Å²) >= 11 is 17.8. The number of hydrogen-bond donors (Lipinski definition) is 1. The van der Waals surface area contributed by atoms with Gasteiger partial charge in [0.25, 0.3) is 0 Å². The molecule has 0 aliphatic carbocycles. The molecule has 4 nitrogen and oxygen atoms in total. The molecule has 2 N–H and O–H groups in total. The number of aromatic nitrogens is 2. The van der Waals surface area contributed by atoms with Gasteiger partial charge in [-0.15, -0.1) is 0 Å². The third-order valence-electron chi connectivity index (χ3n) is 2.40. The highest BCUT2D eigenvalue weighted by Gasteiger charge is 2.08. The highest BCUT2D eigenvalue weighted by Crippen LogP contribution is 2.35. The Kier molecular flexibility index (Phi) is 4.80. The summed E-state index contributed by atoms with van der Waals surface area (Å²) in [5.41, 5.74) is 5.52. The van der Waals surface area contributed by atoms with Crippen molar-refractivity contribution in [2.24, 2.45) is 0 Å². The molecule has 0 aliphatic rings. The van der Waals surface area contributed by atoms with Crippen LogP contribution in [0.4, 0.5) is 5.82 Å². The van der Waals surface area contributed by atoms with E-state index >= 15 is 0 Å². The standard InChI is InChI=1S/C12H12Cl3N3O/c13-8-6-9(14)12(10(15)7-8)19-5-1-3-18-4-2-11(16)17-18/h2,4,6-7H,1,3,5H2,(H2,16,17). The van der Waals surface area contributed by atoms with Crippen LogP contribution in [-0.4, -0.2) is 16.4 Å². The number of aryl methyl sites for hydroxylation is 1. The number of halogens is 3. The number of ether oxygens (including phenoxy) is 1. The minimum atomic E-state index is 0.404. The van der Waals surface area contributed by atoms with Gasteiger partial charge in [-0.1, -0.05) is 34.8 Å². The van der Waals surface area contributed by atoms with Crippen molar-refractivity contribution in [1.29, 1.82) is 0 Å². The molecule has 0 aliphatic heterocycles. The van der Waals surface area contributed by atoms with E-state index < -0.39 is 0 Å². The van der Waals surface area contributed by atoms with Crippen LogP contribution >= 0.6 is 34.8 Å². The van der Waals surface area contributed by atoms with Gasteiger partial charge in [0, 0.05) is 24.2 Å². The Labute approximate surface area is 126 Å². The predicted octanol–water partition coefficient (Wildman–Crippen LogP) is 3.89. The predicted molar refractivity (Wildman–Crippen MR) is 78.2 cm³/mol. The highest BCUT2D eigenvalue weighted by molar-refractivity contribution is 6.40. The zero-order chi connectivity index (χ0) is 13.8. The van der Waals surface area contributed by atoms with Crippen molar-refractivity contribution in [3.8, 4) is 5.75 Å². The van der Waals surface area contributed by atoms with Gasteiger partial charge in [0.15, 0.2) is 5.75 Å². The molecule has 0 atom stereocenters. The number of anilines is 1. The van der Waals surface area contributed by atoms with Crippen LogP contribution in [-0.2, 0) is 6.54 Å². The number of nitrogen functional groups attached to an aromatic ring is 1. The SMILES string of the molecule is Nc1ccn(CCCOc2c(Cl)cc(Cl)cc2Cl)n1. The lowest BCUT2D eigenvalue weighted by Gasteiger charge is -2.10. The van der Waals surface area contributed by atoms with E-state index in [4.69, 9.17) is 45.3 Å². The molecule has 2 aromatic rings. The van der Waals surface area contributed by atoms with E-state index in [9.17, 15) is 0 Å². The normalized spacial score (nSPS) is 10.7. The molecule has 7 heteroatoms. The van der Waals surface area contributed by atoms with Crippen LogP contribution < -0.4 is 10.5 Å². The summed E-state index contributed by atoms with van der Waals surface area (Å²) in [5, 5.41) is 5.36. The first-order valence-corrected chi connectivity index (χ1v) is 6.76. The van der Waals surface area contributed by atoms with Crippen molar-refractivity contribution in [2.45, 2.75) is 13.0 Å². The minimum absolute atomic E-state index is 0.404. The second-order valence-electron chi connectivity index (χ2n) is 3.90. The minimum Gasteiger partial charge on any atom is -0.490 e. The van der Waals surface area contributed by atoms with Gasteiger partial charge in [-0.25, -0.2) is 0 Å². The monoisotopic (exact) mass is 319 g/mol. The Morgan fingerprint density at radius 1 is 1.21 bits per heavy atom. The zero-order valence-electron chi connectivity index (χ0n) is 9.94. The Balaban J connectivity index is 1.86. The summed E-state index contributed by atoms with van der Waals surface area (Å²) < 4.78 is 7.31. The van der Waals surface area contributed by atoms with E-state index in [2.05, 4.69) is 5.10 Å². The van der Waals surface area contributed by atoms with E-state index in [1.54, 1.807) is 22.9 Å². The third-order valence-corrected chi connectivity index (χ3v) is 3.18. The zero-order valence-corrected chi connectivity index (χ0v) is 12.2. The van der Waals surface area contributed by atoms with Gasteiger partial charge in [0.2, 0.25) is 0 Å². The van der Waals surface area contributed by atoms with E-state index in [-0.39, 0.29) is 0 Å². The first-order chi connectivity index (χ1) is 9.06. The molecule has 0 amide bonds. The van der Waals surface area contributed by atoms with Crippen molar-refractivity contribution in [2.75, 3.05) is 12.3 Å². The lowest BCUT2D eigenvalue weighted by Crippen LogP contribution is -2.06. The van der Waals surface area contributed by atoms with Crippen molar-refractivity contribution >= 4 is 40.6 Å². The molecule has 0 spiro atoms. The van der Waals surface area contributed by atoms with Gasteiger partial charge >= 0.3 is 0 Å². The van der Waals surface area contributed by atoms with Crippen molar-refractivity contribution in [3.63, 3.8) is 0 Å². The van der Waals surface area contributed by atoms with Crippen LogP contribution in [0.1, 0.15) is 6.42 Å². The van der Waals surface area contributed by atoms with Crippen LogP contribution in [0.3, 0.4) is 0 Å². The summed E-state index contributed by atoms with van der Waals surface area (Å²) in [6.45, 7) is 1.18. The maximum absolute atomic E-state index is 6.01. The first-order valence-electron chi connectivity index (χ1n) is 5.62. The second kappa shape index (κ2) is 6.37. The summed E-state index contributed by atoms with van der Waals surface area (Å²) in [5.74, 6) is 0.956. The maximum atomic E-state index is 6.01. The molecule has 0 saturated carbocycles. The molecule has 19 heavy (non-hydrogen) atoms. The number of hydrogen-bond acceptors (Lipinski definition) is 3. The average molecular weight is 321 g/mol. The summed E-state index contributed by atoms with van der Waals surface area (Å²) in [7, 11) is 0. The topological polar surface area (TPSA) is 53.1 Å². The number of nitrogens with zero attached hydrogens (tertiary/aromatic N) is 2. The largest absolute Gasteiger partial charge is 0.490 e. The molecule has 102 valence electrons. The molecule has 0 bridgehead atoms. The highest BCUT2D eigenvalue weighted by atomic mass is 35.5. The van der Waals surface area contributed by atoms with Gasteiger partial charge in [0.1, 0.15) is 5.82 Å². The van der Waals surface area contributed by atoms with Gasteiger partial charge in [-0.3, -0.25) is 4.68 Å². The van der Waals surface area contributed by atoms with Crippen LogP contribution in [0, 0.1) is 0 Å². The van der Waals surface area contributed by atoms with E-state index in [0.29, 0.717) is 39.8 Å². The molecule has 1 heterocycles. The Morgan fingerprint density at radius 2 is 1.89 bits per heavy atom. The molecular formula is C12H12Cl3N3O. The fourth-order valence-electron chi connectivity index (χ4n) is 1.57. The first kappa shape index (κ1) is 14.3. The van der Waals surface area contributed by atoms with Crippen molar-refractivity contribution < 1.29 is 4.74 Å². The third kappa shape index (κ3) is 3.93. The van der Waals surface area contributed by atoms with Crippen LogP contribution in [0.25, 0.3) is 0 Å². The summed E-state index contributed by atoms with van der Waals surface area (Å²) in [4.78, 5) is 0. The van der Waals surface area contributed by atoms with E-state index in [0.717, 1.165) is 6.42 Å². The average Bonchev–Trinajstić information content (AvgIpc) is 2.73. The second-order valence-corrected chi connectivity index (χ2v) is 5.16. The van der Waals surface area contributed by atoms with Gasteiger partial charge in [-0.2, -0.15) is 5.10 Å². The summed E-state index contributed by atoms with van der Waals surface area (Å²) in [6, 6.07) is 4.94. The van der Waals surface area contributed by atoms with Gasteiger partial charge in [-0.05, 0) is 18.2 Å². The number of benzene rings is 1. The lowest BCUT2D eigenvalue weighted by atomic mass is 10.3. The molecule has 0 unspecified atom stereocenters. The molecule has 0 radical (unpaired) electrons. The molecule has 1 aromatic carbocycles. The van der Waals surface area contributed by atoms with Crippen LogP contribution in [0.15, 0.2) is 24.4 Å². The van der Waals surface area contributed by atoms with E-state index in [1.165, 1.54) is 0 Å². The van der Waals surface area contributed by atoms with Gasteiger partial charge < -0.3 is 10.5 Å². The molecule has 2 rings (SSSR count). The molecule has 0 saturated heterocycles. The Bertz CT molecular complexity index is 548.